The van der Waals surface area contributed by atoms with E-state index in [0.717, 1.165) is 17.7 Å². The van der Waals surface area contributed by atoms with Crippen LogP contribution in [0.15, 0.2) is 24.3 Å². The summed E-state index contributed by atoms with van der Waals surface area (Å²) in [6.07, 6.45) is 0.712. The number of carboxylic acid groups (broad SMARTS) is 1. The Kier molecular flexibility index (Phi) is 4.89. The lowest BCUT2D eigenvalue weighted by molar-refractivity contribution is -0.147. The molecule has 2 aliphatic heterocycles. The van der Waals surface area contributed by atoms with Crippen molar-refractivity contribution in [2.24, 2.45) is 11.8 Å². The van der Waals surface area contributed by atoms with Gasteiger partial charge in [-0.25, -0.2) is 0 Å². The van der Waals surface area contributed by atoms with Gasteiger partial charge in [-0.3, -0.25) is 14.3 Å². The van der Waals surface area contributed by atoms with E-state index >= 15 is 0 Å². The number of nitrogens with zero attached hydrogens (tertiary/aromatic N) is 2. The van der Waals surface area contributed by atoms with E-state index in [-0.39, 0.29) is 18.1 Å². The van der Waals surface area contributed by atoms with E-state index in [2.05, 4.69) is 10.4 Å². The molecule has 2 aromatic rings. The second-order valence-corrected chi connectivity index (χ2v) is 7.87. The van der Waals surface area contributed by atoms with Crippen molar-refractivity contribution in [2.45, 2.75) is 45.4 Å². The van der Waals surface area contributed by atoms with Gasteiger partial charge in [0.15, 0.2) is 0 Å². The molecule has 148 valence electrons. The van der Waals surface area contributed by atoms with Crippen LogP contribution in [0.5, 0.6) is 0 Å². The number of hydrogen-bond acceptors (Lipinski definition) is 4. The number of rotatable bonds is 5. The van der Waals surface area contributed by atoms with Crippen LogP contribution in [-0.2, 0) is 20.9 Å². The number of amides is 1. The molecule has 1 amide bonds. The molecule has 7 nitrogen and oxygen atoms in total. The van der Waals surface area contributed by atoms with E-state index in [1.165, 1.54) is 0 Å². The highest BCUT2D eigenvalue weighted by atomic mass is 35.5. The van der Waals surface area contributed by atoms with Gasteiger partial charge in [-0.1, -0.05) is 29.8 Å². The summed E-state index contributed by atoms with van der Waals surface area (Å²) in [4.78, 5) is 24.6. The maximum absolute atomic E-state index is 12.9. The minimum Gasteiger partial charge on any atom is -0.481 e. The number of carboxylic acids is 1. The molecule has 8 heteroatoms. The summed E-state index contributed by atoms with van der Waals surface area (Å²) in [6.45, 7) is 4.17. The number of benzene rings is 1. The highest BCUT2D eigenvalue weighted by Gasteiger charge is 2.55. The Morgan fingerprint density at radius 2 is 1.93 bits per heavy atom. The second kappa shape index (κ2) is 7.22. The number of aromatic nitrogens is 2. The normalized spacial score (nSPS) is 25.8. The van der Waals surface area contributed by atoms with Gasteiger partial charge in [0.05, 0.1) is 47.7 Å². The summed E-state index contributed by atoms with van der Waals surface area (Å²) in [5.74, 6) is -2.77. The minimum absolute atomic E-state index is 0.317. The summed E-state index contributed by atoms with van der Waals surface area (Å²) in [5.41, 5.74) is 3.01. The number of fused-ring (bicyclic) bond motifs is 2. The summed E-state index contributed by atoms with van der Waals surface area (Å²) >= 11 is 6.24. The van der Waals surface area contributed by atoms with Gasteiger partial charge < -0.3 is 15.2 Å². The molecule has 3 heterocycles. The fourth-order valence-electron chi connectivity index (χ4n) is 4.35. The summed E-state index contributed by atoms with van der Waals surface area (Å²) in [7, 11) is 0. The molecule has 2 aliphatic rings. The summed E-state index contributed by atoms with van der Waals surface area (Å²) < 4.78 is 7.49. The first-order chi connectivity index (χ1) is 13.4. The second-order valence-electron chi connectivity index (χ2n) is 7.46. The standard InChI is InChI=1S/C20H22ClN3O4/c1-10-18(11(2)24(23-10)9-12-5-3-4-6-13(12)21)22-19(25)16-14-7-8-15(28-14)17(16)20(26)27/h3-6,14-17H,7-9H2,1-2H3,(H,22,25)(H,26,27)/t14-,15+,16-,17+/m1/s1. The summed E-state index contributed by atoms with van der Waals surface area (Å²) in [5, 5.41) is 17.6. The fourth-order valence-corrected chi connectivity index (χ4v) is 4.55. The quantitative estimate of drug-likeness (QED) is 0.800. The van der Waals surface area contributed by atoms with Crippen LogP contribution in [-0.4, -0.2) is 39.0 Å². The fraction of sp³-hybridized carbons (Fsp3) is 0.450. The third-order valence-corrected chi connectivity index (χ3v) is 6.14. The lowest BCUT2D eigenvalue weighted by Gasteiger charge is -2.23. The van der Waals surface area contributed by atoms with Gasteiger partial charge in [-0.2, -0.15) is 5.10 Å². The number of aryl methyl sites for hydroxylation is 1. The van der Waals surface area contributed by atoms with Crippen molar-refractivity contribution in [3.05, 3.63) is 46.2 Å². The lowest BCUT2D eigenvalue weighted by Crippen LogP contribution is -2.41. The van der Waals surface area contributed by atoms with E-state index in [4.69, 9.17) is 16.3 Å². The van der Waals surface area contributed by atoms with Gasteiger partial charge in [0.1, 0.15) is 0 Å². The van der Waals surface area contributed by atoms with E-state index in [9.17, 15) is 14.7 Å². The van der Waals surface area contributed by atoms with E-state index in [1.807, 2.05) is 38.1 Å². The van der Waals surface area contributed by atoms with Crippen molar-refractivity contribution >= 4 is 29.2 Å². The molecule has 2 bridgehead atoms. The zero-order chi connectivity index (χ0) is 20.0. The molecular formula is C20H22ClN3O4. The number of nitrogens with one attached hydrogen (secondary N) is 1. The highest BCUT2D eigenvalue weighted by molar-refractivity contribution is 6.31. The smallest absolute Gasteiger partial charge is 0.310 e. The average Bonchev–Trinajstić information content (AvgIpc) is 3.33. The van der Waals surface area contributed by atoms with E-state index < -0.39 is 17.8 Å². The zero-order valence-corrected chi connectivity index (χ0v) is 16.4. The van der Waals surface area contributed by atoms with Gasteiger partial charge in [-0.15, -0.1) is 0 Å². The van der Waals surface area contributed by atoms with Gasteiger partial charge >= 0.3 is 5.97 Å². The van der Waals surface area contributed by atoms with Crippen molar-refractivity contribution < 1.29 is 19.4 Å². The van der Waals surface area contributed by atoms with Crippen LogP contribution in [0.1, 0.15) is 29.8 Å². The molecular weight excluding hydrogens is 382 g/mol. The topological polar surface area (TPSA) is 93.5 Å². The van der Waals surface area contributed by atoms with Crippen molar-refractivity contribution in [3.8, 4) is 0 Å². The van der Waals surface area contributed by atoms with Gasteiger partial charge in [-0.05, 0) is 38.3 Å². The van der Waals surface area contributed by atoms with Crippen molar-refractivity contribution in [3.63, 3.8) is 0 Å². The molecule has 2 saturated heterocycles. The SMILES string of the molecule is Cc1nn(Cc2ccccc2Cl)c(C)c1NC(=O)[C@H]1[C@@H](C(=O)O)[C@@H]2CC[C@H]1O2. The Hall–Kier alpha value is -2.38. The molecule has 0 unspecified atom stereocenters. The minimum atomic E-state index is -0.977. The molecule has 0 saturated carbocycles. The van der Waals surface area contributed by atoms with Crippen LogP contribution in [0.3, 0.4) is 0 Å². The van der Waals surface area contributed by atoms with Crippen molar-refractivity contribution in [1.29, 1.82) is 0 Å². The molecule has 1 aromatic carbocycles. The van der Waals surface area contributed by atoms with Gasteiger partial charge in [0.2, 0.25) is 5.91 Å². The van der Waals surface area contributed by atoms with Crippen LogP contribution in [0, 0.1) is 25.7 Å². The third kappa shape index (κ3) is 3.18. The first-order valence-corrected chi connectivity index (χ1v) is 9.71. The monoisotopic (exact) mass is 403 g/mol. The predicted octanol–water partition coefficient (Wildman–Crippen LogP) is 3.02. The van der Waals surface area contributed by atoms with Crippen LogP contribution in [0.25, 0.3) is 0 Å². The number of anilines is 1. The first-order valence-electron chi connectivity index (χ1n) is 9.33. The van der Waals surface area contributed by atoms with Crippen LogP contribution < -0.4 is 5.32 Å². The Morgan fingerprint density at radius 1 is 1.25 bits per heavy atom. The Bertz CT molecular complexity index is 942. The van der Waals surface area contributed by atoms with Crippen LogP contribution >= 0.6 is 11.6 Å². The number of carbonyl (C=O) groups is 2. The Labute approximate surface area is 167 Å². The first kappa shape index (κ1) is 19.0. The highest BCUT2D eigenvalue weighted by Crippen LogP contribution is 2.44. The predicted molar refractivity (Wildman–Crippen MR) is 103 cm³/mol. The number of halogens is 1. The zero-order valence-electron chi connectivity index (χ0n) is 15.7. The summed E-state index contributed by atoms with van der Waals surface area (Å²) in [6, 6.07) is 7.54. The van der Waals surface area contributed by atoms with Gasteiger partial charge in [0.25, 0.3) is 0 Å². The number of ether oxygens (including phenoxy) is 1. The van der Waals surface area contributed by atoms with Crippen LogP contribution in [0.2, 0.25) is 5.02 Å². The molecule has 0 aliphatic carbocycles. The molecule has 4 atom stereocenters. The Morgan fingerprint density at radius 3 is 2.61 bits per heavy atom. The maximum atomic E-state index is 12.9. The number of aliphatic carboxylic acids is 1. The molecule has 0 spiro atoms. The maximum Gasteiger partial charge on any atom is 0.310 e. The molecule has 2 N–H and O–H groups in total. The van der Waals surface area contributed by atoms with E-state index in [0.29, 0.717) is 29.4 Å². The van der Waals surface area contributed by atoms with E-state index in [1.54, 1.807) is 4.68 Å². The van der Waals surface area contributed by atoms with Gasteiger partial charge in [0, 0.05) is 5.02 Å². The molecule has 4 rings (SSSR count). The third-order valence-electron chi connectivity index (χ3n) is 5.77. The lowest BCUT2D eigenvalue weighted by atomic mass is 9.78. The average molecular weight is 404 g/mol. The molecule has 1 aromatic heterocycles. The van der Waals surface area contributed by atoms with Crippen LogP contribution in [0.4, 0.5) is 5.69 Å². The molecule has 28 heavy (non-hydrogen) atoms. The number of hydrogen-bond donors (Lipinski definition) is 2. The number of carbonyl (C=O) groups excluding carboxylic acids is 1. The van der Waals surface area contributed by atoms with Crippen molar-refractivity contribution in [1.82, 2.24) is 9.78 Å². The molecule has 2 fully saturated rings. The molecule has 0 radical (unpaired) electrons. The van der Waals surface area contributed by atoms with Crippen molar-refractivity contribution in [2.75, 3.05) is 5.32 Å². The largest absolute Gasteiger partial charge is 0.481 e. The Balaban J connectivity index is 1.55.